The summed E-state index contributed by atoms with van der Waals surface area (Å²) in [5.41, 5.74) is 6.24. The van der Waals surface area contributed by atoms with Crippen LogP contribution in [0.25, 0.3) is 0 Å². The standard InChI is InChI=1S/C30H31N/c1-3-25-17-19-26(20-18-25)23-24(2)27-11-10-16-30(22-21-27)31(28-12-6-4-7-13-28)29-14-8-5-9-15-29/h4-17,19-23,25,30H,3,18H2,1-2H3. The number of hydrogen-bond donors (Lipinski definition) is 0. The fraction of sp³-hybridized carbons (Fsp3) is 0.200. The molecule has 1 nitrogen and oxygen atoms in total. The lowest BCUT2D eigenvalue weighted by Crippen LogP contribution is -2.27. The Labute approximate surface area is 187 Å². The minimum Gasteiger partial charge on any atom is -0.331 e. The predicted molar refractivity (Wildman–Crippen MR) is 135 cm³/mol. The Morgan fingerprint density at radius 2 is 1.58 bits per heavy atom. The molecule has 2 aliphatic rings. The van der Waals surface area contributed by atoms with Gasteiger partial charge in [0.1, 0.15) is 0 Å². The zero-order chi connectivity index (χ0) is 21.5. The zero-order valence-electron chi connectivity index (χ0n) is 18.5. The molecule has 1 heteroatoms. The Hall–Kier alpha value is -3.32. The molecule has 0 aromatic heterocycles. The summed E-state index contributed by atoms with van der Waals surface area (Å²) in [6.07, 6.45) is 22.9. The highest BCUT2D eigenvalue weighted by Gasteiger charge is 2.17. The summed E-state index contributed by atoms with van der Waals surface area (Å²) in [7, 11) is 0. The van der Waals surface area contributed by atoms with Gasteiger partial charge < -0.3 is 4.90 Å². The molecule has 31 heavy (non-hydrogen) atoms. The molecule has 0 aliphatic heterocycles. The Kier molecular flexibility index (Phi) is 6.84. The third-order valence-corrected chi connectivity index (χ3v) is 6.00. The van der Waals surface area contributed by atoms with E-state index < -0.39 is 0 Å². The molecule has 156 valence electrons. The van der Waals surface area contributed by atoms with Crippen LogP contribution in [-0.2, 0) is 0 Å². The molecular weight excluding hydrogens is 374 g/mol. The van der Waals surface area contributed by atoms with Crippen LogP contribution in [0.15, 0.2) is 132 Å². The third kappa shape index (κ3) is 5.24. The maximum absolute atomic E-state index is 2.38. The Bertz CT molecular complexity index is 1010. The lowest BCUT2D eigenvalue weighted by Gasteiger charge is -2.30. The van der Waals surface area contributed by atoms with E-state index in [9.17, 15) is 0 Å². The van der Waals surface area contributed by atoms with Gasteiger partial charge in [-0.1, -0.05) is 98.0 Å². The lowest BCUT2D eigenvalue weighted by atomic mass is 9.93. The van der Waals surface area contributed by atoms with Gasteiger partial charge in [-0.3, -0.25) is 0 Å². The molecule has 2 atom stereocenters. The molecule has 4 rings (SSSR count). The lowest BCUT2D eigenvalue weighted by molar-refractivity contribution is 0.631. The topological polar surface area (TPSA) is 3.24 Å². The molecule has 0 spiro atoms. The molecule has 0 saturated carbocycles. The molecule has 0 fully saturated rings. The Morgan fingerprint density at radius 3 is 2.16 bits per heavy atom. The number of anilines is 2. The SMILES string of the molecule is CCC1C=CC(C=C(C)C2=CC=CC(N(c3ccccc3)c3ccccc3)C=C2)=CC1. The molecule has 2 unspecified atom stereocenters. The second-order valence-corrected chi connectivity index (χ2v) is 8.19. The molecule has 2 aliphatic carbocycles. The Morgan fingerprint density at radius 1 is 0.903 bits per heavy atom. The van der Waals surface area contributed by atoms with Crippen LogP contribution in [0.3, 0.4) is 0 Å². The van der Waals surface area contributed by atoms with Crippen LogP contribution in [0.4, 0.5) is 11.4 Å². The van der Waals surface area contributed by atoms with Gasteiger partial charge in [0.15, 0.2) is 0 Å². The highest BCUT2D eigenvalue weighted by molar-refractivity contribution is 5.66. The number of allylic oxidation sites excluding steroid dienone is 10. The monoisotopic (exact) mass is 405 g/mol. The van der Waals surface area contributed by atoms with Crippen LogP contribution in [-0.4, -0.2) is 6.04 Å². The van der Waals surface area contributed by atoms with Gasteiger partial charge in [-0.05, 0) is 66.7 Å². The predicted octanol–water partition coefficient (Wildman–Crippen LogP) is 8.10. The van der Waals surface area contributed by atoms with Crippen molar-refractivity contribution in [1.82, 2.24) is 0 Å². The van der Waals surface area contributed by atoms with Crippen molar-refractivity contribution in [1.29, 1.82) is 0 Å². The van der Waals surface area contributed by atoms with E-state index in [1.54, 1.807) is 0 Å². The van der Waals surface area contributed by atoms with Crippen LogP contribution in [0.2, 0.25) is 0 Å². The van der Waals surface area contributed by atoms with Crippen molar-refractivity contribution < 1.29 is 0 Å². The Balaban J connectivity index is 1.57. The highest BCUT2D eigenvalue weighted by Crippen LogP contribution is 2.30. The van der Waals surface area contributed by atoms with E-state index in [4.69, 9.17) is 0 Å². The van der Waals surface area contributed by atoms with Gasteiger partial charge in [0, 0.05) is 11.4 Å². The van der Waals surface area contributed by atoms with Crippen LogP contribution in [0, 0.1) is 5.92 Å². The normalized spacial score (nSPS) is 20.8. The van der Waals surface area contributed by atoms with E-state index in [0.717, 1.165) is 6.42 Å². The number of rotatable bonds is 6. The number of para-hydroxylation sites is 2. The first-order chi connectivity index (χ1) is 15.2. The average Bonchev–Trinajstić information content (AvgIpc) is 3.07. The summed E-state index contributed by atoms with van der Waals surface area (Å²) < 4.78 is 0. The summed E-state index contributed by atoms with van der Waals surface area (Å²) in [6, 6.07) is 21.4. The first-order valence-electron chi connectivity index (χ1n) is 11.3. The first kappa shape index (κ1) is 20.9. The van der Waals surface area contributed by atoms with Gasteiger partial charge in [0.25, 0.3) is 0 Å². The van der Waals surface area contributed by atoms with E-state index in [1.165, 1.54) is 34.5 Å². The number of nitrogens with zero attached hydrogens (tertiary/aromatic N) is 1. The van der Waals surface area contributed by atoms with Crippen molar-refractivity contribution in [2.75, 3.05) is 4.90 Å². The van der Waals surface area contributed by atoms with Gasteiger partial charge in [0.2, 0.25) is 0 Å². The van der Waals surface area contributed by atoms with E-state index in [-0.39, 0.29) is 6.04 Å². The molecule has 0 heterocycles. The maximum Gasteiger partial charge on any atom is 0.0712 e. The quantitative estimate of drug-likeness (QED) is 0.469. The summed E-state index contributed by atoms with van der Waals surface area (Å²) in [5.74, 6) is 0.695. The minimum atomic E-state index is 0.144. The molecule has 0 bridgehead atoms. The fourth-order valence-electron chi connectivity index (χ4n) is 4.12. The number of benzene rings is 2. The smallest absolute Gasteiger partial charge is 0.0712 e. The molecule has 0 saturated heterocycles. The van der Waals surface area contributed by atoms with Crippen molar-refractivity contribution in [3.8, 4) is 0 Å². The van der Waals surface area contributed by atoms with Crippen molar-refractivity contribution in [3.63, 3.8) is 0 Å². The zero-order valence-corrected chi connectivity index (χ0v) is 18.5. The van der Waals surface area contributed by atoms with E-state index in [1.807, 2.05) is 0 Å². The van der Waals surface area contributed by atoms with Crippen molar-refractivity contribution in [2.24, 2.45) is 5.92 Å². The highest BCUT2D eigenvalue weighted by atomic mass is 15.2. The maximum atomic E-state index is 2.38. The van der Waals surface area contributed by atoms with E-state index in [0.29, 0.717) is 5.92 Å². The summed E-state index contributed by atoms with van der Waals surface area (Å²) in [5, 5.41) is 0. The van der Waals surface area contributed by atoms with Crippen LogP contribution in [0.1, 0.15) is 26.7 Å². The second kappa shape index (κ2) is 10.1. The average molecular weight is 406 g/mol. The van der Waals surface area contributed by atoms with Crippen LogP contribution >= 0.6 is 0 Å². The molecule has 2 aromatic carbocycles. The second-order valence-electron chi connectivity index (χ2n) is 8.19. The first-order valence-corrected chi connectivity index (χ1v) is 11.3. The van der Waals surface area contributed by atoms with Crippen LogP contribution in [0.5, 0.6) is 0 Å². The van der Waals surface area contributed by atoms with Gasteiger partial charge in [-0.25, -0.2) is 0 Å². The van der Waals surface area contributed by atoms with Crippen molar-refractivity contribution >= 4 is 11.4 Å². The molecule has 0 radical (unpaired) electrons. The minimum absolute atomic E-state index is 0.144. The summed E-state index contributed by atoms with van der Waals surface area (Å²) >= 11 is 0. The number of hydrogen-bond acceptors (Lipinski definition) is 1. The molecule has 0 N–H and O–H groups in total. The third-order valence-electron chi connectivity index (χ3n) is 6.00. The molecule has 2 aromatic rings. The summed E-state index contributed by atoms with van der Waals surface area (Å²) in [4.78, 5) is 2.38. The van der Waals surface area contributed by atoms with Crippen LogP contribution < -0.4 is 4.90 Å². The summed E-state index contributed by atoms with van der Waals surface area (Å²) in [6.45, 7) is 4.46. The fourth-order valence-corrected chi connectivity index (χ4v) is 4.12. The van der Waals surface area contributed by atoms with E-state index in [2.05, 4.69) is 134 Å². The van der Waals surface area contributed by atoms with E-state index >= 15 is 0 Å². The molecule has 0 amide bonds. The molecular formula is C30H31N. The van der Waals surface area contributed by atoms with Crippen molar-refractivity contribution in [3.05, 3.63) is 132 Å². The largest absolute Gasteiger partial charge is 0.331 e. The van der Waals surface area contributed by atoms with Gasteiger partial charge in [-0.15, -0.1) is 0 Å². The van der Waals surface area contributed by atoms with Gasteiger partial charge in [0.05, 0.1) is 6.04 Å². The van der Waals surface area contributed by atoms with Gasteiger partial charge >= 0.3 is 0 Å². The van der Waals surface area contributed by atoms with Crippen molar-refractivity contribution in [2.45, 2.75) is 32.7 Å². The van der Waals surface area contributed by atoms with Gasteiger partial charge in [-0.2, -0.15) is 0 Å².